The van der Waals surface area contributed by atoms with Crippen LogP contribution in [-0.2, 0) is 0 Å². The molecule has 0 amide bonds. The molecule has 47 heavy (non-hydrogen) atoms. The summed E-state index contributed by atoms with van der Waals surface area (Å²) in [4.78, 5) is 13.8. The van der Waals surface area contributed by atoms with E-state index >= 15 is 0 Å². The summed E-state index contributed by atoms with van der Waals surface area (Å²) in [5.41, 5.74) is 9.15. The Hall–Kier alpha value is -6.39. The quantitative estimate of drug-likeness (QED) is 0.189. The topological polar surface area (TPSA) is 40.1 Å². The molecule has 0 unspecified atom stereocenters. The van der Waals surface area contributed by atoms with E-state index in [0.29, 0.717) is 0 Å². The van der Waals surface area contributed by atoms with Gasteiger partial charge in [0.25, 0.3) is 5.56 Å². The van der Waals surface area contributed by atoms with Crippen molar-refractivity contribution in [3.8, 4) is 22.5 Å². The summed E-state index contributed by atoms with van der Waals surface area (Å²) in [6.45, 7) is 0. The largest absolute Gasteiger partial charge is 0.456 e. The fourth-order valence-corrected chi connectivity index (χ4v) is 7.37. The van der Waals surface area contributed by atoms with E-state index in [0.717, 1.165) is 77.1 Å². The van der Waals surface area contributed by atoms with Crippen molar-refractivity contribution in [2.24, 2.45) is 0 Å². The second kappa shape index (κ2) is 9.80. The normalized spacial score (nSPS) is 11.9. The standard InChI is InChI=1S/C43H26N2O2/c46-43-35-13-2-1-9-31(35)32-10-3-7-15-39(32)45(43)29-20-17-27(18-21-29)28-19-23-40-36(25-28)33-11-4-6-14-38(33)44(40)30-22-24-42-37(26-30)34-12-5-8-16-41(34)47-42/h1-26H. The maximum absolute atomic E-state index is 13.8. The number of hydrogen-bond acceptors (Lipinski definition) is 2. The van der Waals surface area contributed by atoms with Crippen molar-refractivity contribution in [2.45, 2.75) is 0 Å². The molecular weight excluding hydrogens is 576 g/mol. The monoisotopic (exact) mass is 602 g/mol. The van der Waals surface area contributed by atoms with Gasteiger partial charge >= 0.3 is 0 Å². The van der Waals surface area contributed by atoms with Gasteiger partial charge in [0.2, 0.25) is 0 Å². The molecule has 0 aliphatic rings. The Kier molecular flexibility index (Phi) is 5.40. The number of hydrogen-bond donors (Lipinski definition) is 0. The fourth-order valence-electron chi connectivity index (χ4n) is 7.37. The van der Waals surface area contributed by atoms with Gasteiger partial charge in [-0.15, -0.1) is 0 Å². The van der Waals surface area contributed by atoms with Gasteiger partial charge in [0, 0.05) is 43.7 Å². The van der Waals surface area contributed by atoms with Crippen molar-refractivity contribution in [3.63, 3.8) is 0 Å². The second-order valence-electron chi connectivity index (χ2n) is 12.1. The van der Waals surface area contributed by atoms with Crippen LogP contribution in [0.3, 0.4) is 0 Å². The Bertz CT molecular complexity index is 2920. The van der Waals surface area contributed by atoms with E-state index in [2.05, 4.69) is 108 Å². The second-order valence-corrected chi connectivity index (χ2v) is 12.1. The van der Waals surface area contributed by atoms with Crippen LogP contribution in [-0.4, -0.2) is 9.13 Å². The predicted molar refractivity (Wildman–Crippen MR) is 194 cm³/mol. The van der Waals surface area contributed by atoms with Crippen LogP contribution in [0.4, 0.5) is 0 Å². The smallest absolute Gasteiger partial charge is 0.263 e. The number of nitrogens with zero attached hydrogens (tertiary/aromatic N) is 2. The van der Waals surface area contributed by atoms with Gasteiger partial charge in [-0.05, 0) is 83.2 Å². The molecule has 0 N–H and O–H groups in total. The first-order valence-electron chi connectivity index (χ1n) is 15.8. The Morgan fingerprint density at radius 2 is 0.915 bits per heavy atom. The summed E-state index contributed by atoms with van der Waals surface area (Å²) in [7, 11) is 0. The third-order valence-electron chi connectivity index (χ3n) is 9.55. The lowest BCUT2D eigenvalue weighted by atomic mass is 10.0. The number of benzene rings is 7. The zero-order valence-electron chi connectivity index (χ0n) is 25.2. The molecule has 4 heteroatoms. The minimum atomic E-state index is -0.0112. The van der Waals surface area contributed by atoms with E-state index in [9.17, 15) is 4.79 Å². The van der Waals surface area contributed by atoms with Crippen molar-refractivity contribution in [1.82, 2.24) is 9.13 Å². The molecule has 0 aliphatic carbocycles. The van der Waals surface area contributed by atoms with Crippen LogP contribution in [0.2, 0.25) is 0 Å². The van der Waals surface area contributed by atoms with Gasteiger partial charge in [-0.3, -0.25) is 9.36 Å². The predicted octanol–water partition coefficient (Wildman–Crippen LogP) is 10.8. The van der Waals surface area contributed by atoms with Gasteiger partial charge in [-0.25, -0.2) is 0 Å². The number of pyridine rings is 1. The summed E-state index contributed by atoms with van der Waals surface area (Å²) in [6, 6.07) is 54.2. The zero-order chi connectivity index (χ0) is 31.1. The van der Waals surface area contributed by atoms with E-state index in [1.54, 1.807) is 0 Å². The van der Waals surface area contributed by atoms with Crippen molar-refractivity contribution in [2.75, 3.05) is 0 Å². The van der Waals surface area contributed by atoms with Crippen molar-refractivity contribution in [1.29, 1.82) is 0 Å². The molecule has 220 valence electrons. The van der Waals surface area contributed by atoms with Gasteiger partial charge < -0.3 is 8.98 Å². The van der Waals surface area contributed by atoms with Crippen LogP contribution in [0.15, 0.2) is 167 Å². The zero-order valence-corrected chi connectivity index (χ0v) is 25.2. The van der Waals surface area contributed by atoms with E-state index in [-0.39, 0.29) is 5.56 Å². The van der Waals surface area contributed by atoms with E-state index in [1.165, 1.54) is 10.8 Å². The molecule has 0 atom stereocenters. The molecular formula is C43H26N2O2. The fraction of sp³-hybridized carbons (Fsp3) is 0. The highest BCUT2D eigenvalue weighted by Crippen LogP contribution is 2.37. The van der Waals surface area contributed by atoms with Crippen molar-refractivity contribution in [3.05, 3.63) is 168 Å². The van der Waals surface area contributed by atoms with Crippen LogP contribution in [0.25, 0.3) is 87.9 Å². The molecule has 10 aromatic rings. The Morgan fingerprint density at radius 1 is 0.362 bits per heavy atom. The lowest BCUT2D eigenvalue weighted by molar-refractivity contribution is 0.669. The highest BCUT2D eigenvalue weighted by molar-refractivity contribution is 6.12. The molecule has 3 heterocycles. The number of para-hydroxylation sites is 3. The number of furan rings is 1. The van der Waals surface area contributed by atoms with E-state index < -0.39 is 0 Å². The molecule has 0 spiro atoms. The molecule has 0 radical (unpaired) electrons. The number of aromatic nitrogens is 2. The third-order valence-corrected chi connectivity index (χ3v) is 9.55. The molecule has 0 saturated heterocycles. The average Bonchev–Trinajstić information content (AvgIpc) is 3.67. The first-order chi connectivity index (χ1) is 23.2. The van der Waals surface area contributed by atoms with Gasteiger partial charge in [0.15, 0.2) is 0 Å². The highest BCUT2D eigenvalue weighted by Gasteiger charge is 2.16. The summed E-state index contributed by atoms with van der Waals surface area (Å²) >= 11 is 0. The van der Waals surface area contributed by atoms with Crippen LogP contribution < -0.4 is 5.56 Å². The lowest BCUT2D eigenvalue weighted by Crippen LogP contribution is -2.19. The summed E-state index contributed by atoms with van der Waals surface area (Å²) in [5, 5.41) is 7.38. The minimum Gasteiger partial charge on any atom is -0.456 e. The SMILES string of the molecule is O=c1c2ccccc2c2ccccc2n1-c1ccc(-c2ccc3c(c2)c2ccccc2n3-c2ccc3oc4ccccc4c3c2)cc1. The van der Waals surface area contributed by atoms with Gasteiger partial charge in [-0.1, -0.05) is 91.0 Å². The van der Waals surface area contributed by atoms with Crippen molar-refractivity contribution < 1.29 is 4.42 Å². The Morgan fingerprint density at radius 3 is 1.70 bits per heavy atom. The maximum Gasteiger partial charge on any atom is 0.263 e. The summed E-state index contributed by atoms with van der Waals surface area (Å²) in [5.74, 6) is 0. The first kappa shape index (κ1) is 25.9. The molecule has 0 aliphatic heterocycles. The molecule has 0 bridgehead atoms. The van der Waals surface area contributed by atoms with Crippen molar-refractivity contribution >= 4 is 65.4 Å². The van der Waals surface area contributed by atoms with E-state index in [1.807, 2.05) is 59.2 Å². The molecule has 10 rings (SSSR count). The Balaban J connectivity index is 1.11. The molecule has 7 aromatic carbocycles. The highest BCUT2D eigenvalue weighted by atomic mass is 16.3. The third kappa shape index (κ3) is 3.79. The lowest BCUT2D eigenvalue weighted by Gasteiger charge is -2.14. The van der Waals surface area contributed by atoms with Gasteiger partial charge in [0.1, 0.15) is 11.2 Å². The number of fused-ring (bicyclic) bond motifs is 9. The molecule has 3 aromatic heterocycles. The molecule has 0 saturated carbocycles. The molecule has 4 nitrogen and oxygen atoms in total. The molecule has 0 fully saturated rings. The van der Waals surface area contributed by atoms with Gasteiger partial charge in [0.05, 0.1) is 16.6 Å². The van der Waals surface area contributed by atoms with Crippen LogP contribution in [0.5, 0.6) is 0 Å². The van der Waals surface area contributed by atoms with Crippen LogP contribution >= 0.6 is 0 Å². The minimum absolute atomic E-state index is 0.0112. The average molecular weight is 603 g/mol. The van der Waals surface area contributed by atoms with Crippen LogP contribution in [0, 0.1) is 0 Å². The number of rotatable bonds is 3. The first-order valence-corrected chi connectivity index (χ1v) is 15.8. The van der Waals surface area contributed by atoms with E-state index in [4.69, 9.17) is 4.42 Å². The Labute approximate surface area is 268 Å². The summed E-state index contributed by atoms with van der Waals surface area (Å²) < 4.78 is 10.3. The van der Waals surface area contributed by atoms with Gasteiger partial charge in [-0.2, -0.15) is 0 Å². The maximum atomic E-state index is 13.8. The van der Waals surface area contributed by atoms with Crippen LogP contribution in [0.1, 0.15) is 0 Å². The summed E-state index contributed by atoms with van der Waals surface area (Å²) in [6.07, 6.45) is 0.